The zero-order valence-electron chi connectivity index (χ0n) is 6.54. The van der Waals surface area contributed by atoms with Gasteiger partial charge in [-0.15, -0.1) is 0 Å². The maximum atomic E-state index is 11.1. The molecule has 2 rings (SSSR count). The van der Waals surface area contributed by atoms with Crippen molar-refractivity contribution in [1.29, 1.82) is 0 Å². The van der Waals surface area contributed by atoms with Gasteiger partial charge in [-0.3, -0.25) is 0 Å². The molecule has 0 aromatic rings. The van der Waals surface area contributed by atoms with Crippen LogP contribution in [0.4, 0.5) is 0 Å². The molecule has 1 fully saturated rings. The fraction of sp³-hybridized carbons (Fsp3) is 0.625. The maximum absolute atomic E-state index is 11.1. The predicted molar refractivity (Wildman–Crippen MR) is 39.8 cm³/mol. The van der Waals surface area contributed by atoms with E-state index in [0.29, 0.717) is 6.04 Å². The zero-order valence-corrected chi connectivity index (χ0v) is 6.54. The monoisotopic (exact) mass is 153 g/mol. The first-order valence-corrected chi connectivity index (χ1v) is 3.88. The molecule has 2 aliphatic heterocycles. The smallest absolute Gasteiger partial charge is 0.353 e. The van der Waals surface area contributed by atoms with Gasteiger partial charge in [0, 0.05) is 12.6 Å². The first-order chi connectivity index (χ1) is 5.33. The van der Waals surface area contributed by atoms with E-state index in [-0.39, 0.29) is 5.97 Å². The Morgan fingerprint density at radius 2 is 2.64 bits per heavy atom. The summed E-state index contributed by atoms with van der Waals surface area (Å²) in [6.45, 7) is 1.02. The van der Waals surface area contributed by atoms with Crippen LogP contribution in [0.3, 0.4) is 0 Å². The van der Waals surface area contributed by atoms with Crippen LogP contribution in [0, 0.1) is 0 Å². The highest BCUT2D eigenvalue weighted by Gasteiger charge is 2.36. The van der Waals surface area contributed by atoms with E-state index in [1.165, 1.54) is 13.5 Å². The van der Waals surface area contributed by atoms with Crippen LogP contribution >= 0.6 is 0 Å². The van der Waals surface area contributed by atoms with Crippen LogP contribution in [0.2, 0.25) is 0 Å². The zero-order chi connectivity index (χ0) is 7.84. The van der Waals surface area contributed by atoms with Crippen molar-refractivity contribution in [3.63, 3.8) is 0 Å². The summed E-state index contributed by atoms with van der Waals surface area (Å²) in [7, 11) is 1.43. The Kier molecular flexibility index (Phi) is 1.37. The minimum atomic E-state index is -0.188. The molecule has 11 heavy (non-hydrogen) atoms. The molecule has 1 atom stereocenters. The number of nitrogens with zero attached hydrogens (tertiary/aromatic N) is 1. The molecule has 0 aliphatic carbocycles. The molecular weight excluding hydrogens is 142 g/mol. The summed E-state index contributed by atoms with van der Waals surface area (Å²) in [5, 5.41) is 0. The topological polar surface area (TPSA) is 29.5 Å². The van der Waals surface area contributed by atoms with Gasteiger partial charge in [0.1, 0.15) is 5.70 Å². The summed E-state index contributed by atoms with van der Waals surface area (Å²) in [6.07, 6.45) is 4.21. The molecule has 1 saturated heterocycles. The quantitative estimate of drug-likeness (QED) is 0.514. The standard InChI is InChI=1S/C8H11NO2/c1-11-8(10)7-3-2-6-4-5-9(6)7/h3,6H,2,4-5H2,1H3/t6-/m1/s1. The third kappa shape index (κ3) is 0.836. The summed E-state index contributed by atoms with van der Waals surface area (Å²) in [5.41, 5.74) is 0.767. The van der Waals surface area contributed by atoms with Gasteiger partial charge in [0.25, 0.3) is 0 Å². The summed E-state index contributed by atoms with van der Waals surface area (Å²) < 4.78 is 4.64. The molecule has 2 heterocycles. The van der Waals surface area contributed by atoms with Crippen molar-refractivity contribution in [2.24, 2.45) is 0 Å². The summed E-state index contributed by atoms with van der Waals surface area (Å²) in [5.74, 6) is -0.188. The third-order valence-electron chi connectivity index (χ3n) is 2.43. The van der Waals surface area contributed by atoms with Crippen LogP contribution in [0.5, 0.6) is 0 Å². The lowest BCUT2D eigenvalue weighted by atomic mass is 10.0. The van der Waals surface area contributed by atoms with Gasteiger partial charge in [0.2, 0.25) is 0 Å². The average Bonchev–Trinajstić information content (AvgIpc) is 2.25. The van der Waals surface area contributed by atoms with Gasteiger partial charge in [-0.1, -0.05) is 6.08 Å². The normalized spacial score (nSPS) is 27.2. The van der Waals surface area contributed by atoms with Gasteiger partial charge < -0.3 is 9.64 Å². The Morgan fingerprint density at radius 3 is 3.09 bits per heavy atom. The first-order valence-electron chi connectivity index (χ1n) is 3.88. The second-order valence-corrected chi connectivity index (χ2v) is 2.95. The Hall–Kier alpha value is -0.990. The number of carbonyl (C=O) groups is 1. The van der Waals surface area contributed by atoms with Gasteiger partial charge in [0.15, 0.2) is 0 Å². The summed E-state index contributed by atoms with van der Waals surface area (Å²) in [6, 6.07) is 0.601. The van der Waals surface area contributed by atoms with E-state index in [1.54, 1.807) is 0 Å². The molecule has 0 unspecified atom stereocenters. The summed E-state index contributed by atoms with van der Waals surface area (Å²) >= 11 is 0. The molecule has 0 bridgehead atoms. The number of hydrogen-bond acceptors (Lipinski definition) is 3. The second-order valence-electron chi connectivity index (χ2n) is 2.95. The molecule has 0 saturated carbocycles. The Labute approximate surface area is 65.6 Å². The number of methoxy groups -OCH3 is 1. The van der Waals surface area contributed by atoms with Gasteiger partial charge in [0.05, 0.1) is 7.11 Å². The molecule has 0 aromatic carbocycles. The van der Waals surface area contributed by atoms with Gasteiger partial charge in [-0.2, -0.15) is 0 Å². The lowest BCUT2D eigenvalue weighted by molar-refractivity contribution is -0.138. The Bertz CT molecular complexity index is 222. The lowest BCUT2D eigenvalue weighted by Gasteiger charge is -2.38. The lowest BCUT2D eigenvalue weighted by Crippen LogP contribution is -2.44. The fourth-order valence-corrected chi connectivity index (χ4v) is 1.67. The molecule has 60 valence electrons. The number of esters is 1. The molecule has 0 N–H and O–H groups in total. The van der Waals surface area contributed by atoms with Gasteiger partial charge in [-0.25, -0.2) is 4.79 Å². The third-order valence-corrected chi connectivity index (χ3v) is 2.43. The van der Waals surface area contributed by atoms with Crippen LogP contribution in [-0.4, -0.2) is 30.6 Å². The first kappa shape index (κ1) is 6.70. The molecule has 2 aliphatic rings. The number of hydrogen-bond donors (Lipinski definition) is 0. The van der Waals surface area contributed by atoms with E-state index < -0.39 is 0 Å². The average molecular weight is 153 g/mol. The minimum Gasteiger partial charge on any atom is -0.464 e. The highest BCUT2D eigenvalue weighted by Crippen LogP contribution is 2.32. The number of fused-ring (bicyclic) bond motifs is 1. The van der Waals surface area contributed by atoms with Crippen molar-refractivity contribution in [3.05, 3.63) is 11.8 Å². The SMILES string of the molecule is COC(=O)C1=CC[C@@H]2CCN12. The van der Waals surface area contributed by atoms with Crippen molar-refractivity contribution in [2.75, 3.05) is 13.7 Å². The molecule has 0 amide bonds. The van der Waals surface area contributed by atoms with E-state index in [2.05, 4.69) is 9.64 Å². The van der Waals surface area contributed by atoms with Crippen molar-refractivity contribution >= 4 is 5.97 Å². The van der Waals surface area contributed by atoms with Gasteiger partial charge >= 0.3 is 5.97 Å². The van der Waals surface area contributed by atoms with Crippen molar-refractivity contribution in [3.8, 4) is 0 Å². The van der Waals surface area contributed by atoms with Crippen molar-refractivity contribution in [1.82, 2.24) is 4.90 Å². The van der Waals surface area contributed by atoms with Crippen molar-refractivity contribution in [2.45, 2.75) is 18.9 Å². The van der Waals surface area contributed by atoms with Crippen LogP contribution < -0.4 is 0 Å². The largest absolute Gasteiger partial charge is 0.464 e. The van der Waals surface area contributed by atoms with Crippen LogP contribution in [0.1, 0.15) is 12.8 Å². The second kappa shape index (κ2) is 2.26. The van der Waals surface area contributed by atoms with E-state index in [9.17, 15) is 4.79 Å². The Balaban J connectivity index is 2.09. The number of rotatable bonds is 1. The van der Waals surface area contributed by atoms with Crippen LogP contribution in [0.15, 0.2) is 11.8 Å². The molecule has 0 spiro atoms. The molecule has 0 radical (unpaired) electrons. The molecule has 0 aromatic heterocycles. The molecule has 3 nitrogen and oxygen atoms in total. The summed E-state index contributed by atoms with van der Waals surface area (Å²) in [4.78, 5) is 13.2. The van der Waals surface area contributed by atoms with E-state index in [0.717, 1.165) is 18.7 Å². The number of ether oxygens (including phenoxy) is 1. The molecule has 3 heteroatoms. The highest BCUT2D eigenvalue weighted by molar-refractivity contribution is 5.88. The van der Waals surface area contributed by atoms with E-state index in [1.807, 2.05) is 6.08 Å². The highest BCUT2D eigenvalue weighted by atomic mass is 16.5. The van der Waals surface area contributed by atoms with Crippen LogP contribution in [-0.2, 0) is 9.53 Å². The van der Waals surface area contributed by atoms with Crippen molar-refractivity contribution < 1.29 is 9.53 Å². The van der Waals surface area contributed by atoms with Gasteiger partial charge in [-0.05, 0) is 12.8 Å². The molecular formula is C8H11NO2. The fourth-order valence-electron chi connectivity index (χ4n) is 1.67. The predicted octanol–water partition coefficient (Wildman–Crippen LogP) is 0.521. The minimum absolute atomic E-state index is 0.188. The Morgan fingerprint density at radius 1 is 1.82 bits per heavy atom. The van der Waals surface area contributed by atoms with E-state index >= 15 is 0 Å². The maximum Gasteiger partial charge on any atom is 0.353 e. The van der Waals surface area contributed by atoms with Crippen LogP contribution in [0.25, 0.3) is 0 Å². The van der Waals surface area contributed by atoms with E-state index in [4.69, 9.17) is 0 Å². The number of carbonyl (C=O) groups excluding carboxylic acids is 1.